The molecule has 8 aliphatic carbocycles. The molecule has 19 nitrogen and oxygen atoms in total. The Labute approximate surface area is 814 Å². The van der Waals surface area contributed by atoms with Crippen LogP contribution >= 0.6 is 0 Å². The van der Waals surface area contributed by atoms with Gasteiger partial charge in [-0.1, -0.05) is 218 Å². The highest BCUT2D eigenvalue weighted by Gasteiger charge is 2.45. The Morgan fingerprint density at radius 3 is 0.949 bits per heavy atom. The molecule has 0 amide bonds. The number of aromatic nitrogens is 12. The number of fused-ring (bicyclic) bond motifs is 8. The average molecular weight is 1910 g/mol. The van der Waals surface area contributed by atoms with Gasteiger partial charge >= 0.3 is 0 Å². The second-order valence-corrected chi connectivity index (χ2v) is 41.3. The number of halogens is 8. The molecule has 12 unspecified atom stereocenters. The minimum Gasteiger partial charge on any atom is -0.289 e. The van der Waals surface area contributed by atoms with Crippen molar-refractivity contribution in [3.63, 3.8) is 0 Å². The number of nitrogens with one attached hydrogen (secondary N) is 3. The lowest BCUT2D eigenvalue weighted by molar-refractivity contribution is -0.0315. The van der Waals surface area contributed by atoms with Crippen molar-refractivity contribution in [1.29, 1.82) is 0 Å². The molecule has 136 heavy (non-hydrogen) atoms. The van der Waals surface area contributed by atoms with E-state index in [0.717, 1.165) is 107 Å². The van der Waals surface area contributed by atoms with Crippen LogP contribution in [0.5, 0.6) is 0 Å². The van der Waals surface area contributed by atoms with Crippen molar-refractivity contribution < 1.29 is 35.1 Å². The summed E-state index contributed by atoms with van der Waals surface area (Å²) < 4.78 is 118. The van der Waals surface area contributed by atoms with Gasteiger partial charge in [-0.15, -0.1) is 20.4 Å². The van der Waals surface area contributed by atoms with Gasteiger partial charge in [-0.2, -0.15) is 50.4 Å². The van der Waals surface area contributed by atoms with Crippen molar-refractivity contribution in [2.24, 2.45) is 91.3 Å². The molecule has 3 N–H and O–H groups in total. The zero-order chi connectivity index (χ0) is 98.9. The minimum absolute atomic E-state index is 0.0505. The Morgan fingerprint density at radius 1 is 0.294 bits per heavy atom. The predicted molar refractivity (Wildman–Crippen MR) is 541 cm³/mol. The lowest BCUT2D eigenvalue weighted by Gasteiger charge is -2.31. The molecule has 4 fully saturated rings. The second kappa shape index (κ2) is 55.5. The van der Waals surface area contributed by atoms with Gasteiger partial charge in [-0.05, 0) is 299 Å². The molecule has 0 spiro atoms. The van der Waals surface area contributed by atoms with Crippen LogP contribution in [0, 0.1) is 71.0 Å². The summed E-state index contributed by atoms with van der Waals surface area (Å²) in [5, 5.41) is 44.1. The van der Waals surface area contributed by atoms with Gasteiger partial charge in [0.25, 0.3) is 23.7 Å². The maximum Gasteiger partial charge on any atom is 0.293 e. The molecule has 4 aliphatic heterocycles. The highest BCUT2D eigenvalue weighted by atomic mass is 19.3. The van der Waals surface area contributed by atoms with Crippen LogP contribution in [0.2, 0.25) is 0 Å². The van der Waals surface area contributed by atoms with Gasteiger partial charge in [-0.3, -0.25) is 21.3 Å². The summed E-state index contributed by atoms with van der Waals surface area (Å²) in [6, 6.07) is 0. The Bertz CT molecular complexity index is 4270. The third-order valence-electron chi connectivity index (χ3n) is 33.2. The molecular weight excluding hydrogens is 1730 g/mol. The first-order valence-electron chi connectivity index (χ1n) is 54.9. The number of allylic oxidation sites excluding steroid dienone is 7. The van der Waals surface area contributed by atoms with Crippen LogP contribution in [0.3, 0.4) is 0 Å². The smallest absolute Gasteiger partial charge is 0.289 e. The van der Waals surface area contributed by atoms with E-state index < -0.39 is 23.7 Å². The topological polar surface area (TPSA) is 208 Å². The van der Waals surface area contributed by atoms with E-state index >= 15 is 0 Å². The lowest BCUT2D eigenvalue weighted by Crippen LogP contribution is -2.28. The van der Waals surface area contributed by atoms with E-state index in [1.54, 1.807) is 37.2 Å². The Hall–Kier alpha value is -6.96. The first-order chi connectivity index (χ1) is 65.4. The zero-order valence-electron chi connectivity index (χ0n) is 88.1. The van der Waals surface area contributed by atoms with Gasteiger partial charge < -0.3 is 0 Å². The average Bonchev–Trinajstić information content (AvgIpc) is 1.76. The molecule has 12 aliphatic rings. The van der Waals surface area contributed by atoms with E-state index in [2.05, 4.69) is 184 Å². The molecule has 0 saturated heterocycles. The normalized spacial score (nSPS) is 27.0. The second-order valence-electron chi connectivity index (χ2n) is 41.3. The van der Waals surface area contributed by atoms with Crippen molar-refractivity contribution in [2.45, 2.75) is 497 Å². The number of rotatable bonds is 16. The van der Waals surface area contributed by atoms with Crippen LogP contribution in [0.1, 0.15) is 467 Å². The molecule has 4 aromatic rings. The van der Waals surface area contributed by atoms with Gasteiger partial charge in [0, 0.05) is 115 Å². The quantitative estimate of drug-likeness (QED) is 0.0710. The molecule has 0 aromatic carbocycles. The minimum atomic E-state index is -2.81. The largest absolute Gasteiger partial charge is 0.293 e. The first kappa shape index (κ1) is 113. The molecule has 16 rings (SSSR count). The fourth-order valence-corrected chi connectivity index (χ4v) is 23.6. The third kappa shape index (κ3) is 30.5. The molecule has 768 valence electrons. The van der Waals surface area contributed by atoms with Gasteiger partial charge in [0.05, 0.1) is 29.3 Å². The highest BCUT2D eigenvalue weighted by Crippen LogP contribution is 2.47. The van der Waals surface area contributed by atoms with Gasteiger partial charge in [-0.25, -0.2) is 18.7 Å². The van der Waals surface area contributed by atoms with Crippen LogP contribution in [-0.2, 0) is 75.6 Å². The van der Waals surface area contributed by atoms with Crippen LogP contribution < -0.4 is 16.3 Å². The highest BCUT2D eigenvalue weighted by molar-refractivity contribution is 5.91. The number of aliphatic imine (C=N–C) groups is 1. The predicted octanol–water partition coefficient (Wildman–Crippen LogP) is 30.1. The summed E-state index contributed by atoms with van der Waals surface area (Å²) in [4.78, 5) is 4.78. The number of hydrazone groups is 3. The Kier molecular flexibility index (Phi) is 45.9. The number of alkyl halides is 8. The van der Waals surface area contributed by atoms with Crippen molar-refractivity contribution in [1.82, 2.24) is 76.3 Å². The van der Waals surface area contributed by atoms with E-state index in [1.165, 1.54) is 203 Å². The molecular formula is C109H181F8N19. The van der Waals surface area contributed by atoms with E-state index in [9.17, 15) is 35.1 Å². The van der Waals surface area contributed by atoms with E-state index in [0.29, 0.717) is 148 Å². The summed E-state index contributed by atoms with van der Waals surface area (Å²) in [7, 11) is 0. The number of hydrogen-bond donors (Lipinski definition) is 3. The summed E-state index contributed by atoms with van der Waals surface area (Å²) in [5.41, 5.74) is 29.8. The van der Waals surface area contributed by atoms with Crippen LogP contribution in [0.15, 0.2) is 65.3 Å². The summed E-state index contributed by atoms with van der Waals surface area (Å²) in [6.07, 6.45) is 49.4. The zero-order valence-corrected chi connectivity index (χ0v) is 88.1. The molecule has 12 atom stereocenters. The summed E-state index contributed by atoms with van der Waals surface area (Å²) in [5.74, 6) is -3.14. The van der Waals surface area contributed by atoms with Crippen molar-refractivity contribution >= 4 is 22.8 Å². The Balaban J connectivity index is 0.000000174. The fraction of sp³-hybridized carbons (Fsp3) is 0.817. The summed E-state index contributed by atoms with van der Waals surface area (Å²) in [6.45, 7) is 46.0. The molecule has 8 heterocycles. The van der Waals surface area contributed by atoms with E-state index in [-0.39, 0.29) is 48.5 Å². The molecule has 0 bridgehead atoms. The maximum atomic E-state index is 14.1. The van der Waals surface area contributed by atoms with Gasteiger partial charge in [0.2, 0.25) is 0 Å². The number of hydrogen-bond acceptors (Lipinski definition) is 15. The molecule has 27 heteroatoms. The Morgan fingerprint density at radius 2 is 0.603 bits per heavy atom. The third-order valence-corrected chi connectivity index (χ3v) is 33.2. The molecule has 4 aromatic heterocycles. The standard InChI is InChI=1S/C16H27N.3C15H26N2.4C12H19F2N3/c1-4-13-7-6-8-15-14(10-9-13)12(3)11-17-16(15)5-2;1-4-12-7-6-8-14-13(10-9-12)11(3)16-17-15(14)5-2;2*1-4-12-7-6-8-13-11(3)16-17-15(5-2)14(13)10-9-12;2*1-3-9-5-6-10-11(12(13,14)8-7-9)15-16-17(10)4-2;2*1-3-9-5-6-10-11(12(13,14)8-7-9)17(4-2)16-15-10/h13,15H,4-11H2,1-3H3;12,14,16H,4-10H2,1-3H3;2*12-13,17H,4-10H2,1-3H3;4*9H,3-8H2,1-2H3. The van der Waals surface area contributed by atoms with Crippen molar-refractivity contribution in [3.8, 4) is 0 Å². The lowest BCUT2D eigenvalue weighted by atomic mass is 9.76. The van der Waals surface area contributed by atoms with Crippen molar-refractivity contribution in [2.75, 3.05) is 6.54 Å². The number of nitrogens with zero attached hydrogens (tertiary/aromatic N) is 16. The van der Waals surface area contributed by atoms with Crippen molar-refractivity contribution in [3.05, 3.63) is 90.5 Å². The number of dihydropyridines is 1. The molecule has 0 radical (unpaired) electrons. The maximum absolute atomic E-state index is 14.1. The van der Waals surface area contributed by atoms with Crippen LogP contribution in [-0.4, -0.2) is 89.4 Å². The van der Waals surface area contributed by atoms with Crippen LogP contribution in [0.4, 0.5) is 35.1 Å². The van der Waals surface area contributed by atoms with E-state index in [4.69, 9.17) is 4.99 Å². The van der Waals surface area contributed by atoms with Gasteiger partial charge in [0.15, 0.2) is 11.4 Å². The SMILES string of the molecule is CCC1=C2CCC(CC)CCCC2C(C)=NN1.CCC1=C2CCC(CC)CCCC2C(C)=NN1.CCC1=NCC(C)=C2CCC(CC)CCCC12.CCC1=NNC(C)=C2CCC(CC)CCCC12.CCC1CCc2c(nnn2CC)C(F)(F)CC1.CCC1CCc2c(nnn2CC)C(F)(F)CC1.CCC1CCc2nnn(CC)c2C(F)(F)CC1.CCC1CCc2nnn(CC)c2C(F)(F)CC1. The van der Waals surface area contributed by atoms with Crippen LogP contribution in [0.25, 0.3) is 0 Å². The van der Waals surface area contributed by atoms with Gasteiger partial charge in [0.1, 0.15) is 11.4 Å². The number of aryl methyl sites for hydroxylation is 6. The fourth-order valence-electron chi connectivity index (χ4n) is 23.6. The summed E-state index contributed by atoms with van der Waals surface area (Å²) >= 11 is 0. The first-order valence-corrected chi connectivity index (χ1v) is 54.9. The van der Waals surface area contributed by atoms with E-state index in [1.807, 2.05) is 27.7 Å². The molecule has 4 saturated carbocycles. The monoisotopic (exact) mass is 1910 g/mol.